The van der Waals surface area contributed by atoms with E-state index in [4.69, 9.17) is 4.74 Å². The highest BCUT2D eigenvalue weighted by molar-refractivity contribution is 5.78. The number of carbonyl (C=O) groups excluding carboxylic acids is 1. The first-order valence-electron chi connectivity index (χ1n) is 9.33. The van der Waals surface area contributed by atoms with Crippen molar-refractivity contribution in [3.63, 3.8) is 0 Å². The summed E-state index contributed by atoms with van der Waals surface area (Å²) >= 11 is 0. The van der Waals surface area contributed by atoms with Gasteiger partial charge in [-0.15, -0.1) is 0 Å². The number of hydrogen-bond donors (Lipinski definition) is 2. The molecule has 0 radical (unpaired) electrons. The maximum atomic E-state index is 13.5. The third kappa shape index (κ3) is 6.32. The quantitative estimate of drug-likeness (QED) is 0.671. The Kier molecular flexibility index (Phi) is 6.96. The summed E-state index contributed by atoms with van der Waals surface area (Å²) in [4.78, 5) is 16.2. The first-order valence-corrected chi connectivity index (χ1v) is 9.33. The topological polar surface area (TPSA) is 65.0 Å². The third-order valence-corrected chi connectivity index (χ3v) is 4.77. The second kappa shape index (κ2) is 9.41. The smallest absolute Gasteiger partial charge is 0.234 e. The van der Waals surface area contributed by atoms with E-state index in [-0.39, 0.29) is 24.9 Å². The molecule has 7 heteroatoms. The number of aliphatic hydroxyl groups excluding tert-OH is 1. The van der Waals surface area contributed by atoms with Crippen LogP contribution in [0.25, 0.3) is 0 Å². The van der Waals surface area contributed by atoms with Crippen molar-refractivity contribution in [3.8, 4) is 0 Å². The first kappa shape index (κ1) is 19.2. The van der Waals surface area contributed by atoms with Gasteiger partial charge in [0.25, 0.3) is 0 Å². The molecule has 1 aromatic rings. The molecule has 1 saturated carbocycles. The molecule has 1 aliphatic carbocycles. The van der Waals surface area contributed by atoms with Gasteiger partial charge in [0.2, 0.25) is 5.91 Å². The summed E-state index contributed by atoms with van der Waals surface area (Å²) in [7, 11) is 0. The van der Waals surface area contributed by atoms with Crippen LogP contribution in [-0.2, 0) is 16.1 Å². The standard InChI is InChI=1S/C19H28FN3O3/c20-18-4-2-1-3-15(18)13-26-14-17(24)11-22-7-9-23(10-8-22)12-19(25)21-16-5-6-16/h1-4,16-17,24H,5-14H2,(H,21,25). The molecular weight excluding hydrogens is 337 g/mol. The maximum Gasteiger partial charge on any atom is 0.234 e. The molecule has 2 N–H and O–H groups in total. The van der Waals surface area contributed by atoms with Crippen molar-refractivity contribution in [2.45, 2.75) is 31.6 Å². The normalized spacial score (nSPS) is 20.1. The Morgan fingerprint density at radius 2 is 1.92 bits per heavy atom. The molecule has 0 aromatic heterocycles. The number of rotatable bonds is 9. The molecule has 0 bridgehead atoms. The zero-order chi connectivity index (χ0) is 18.4. The fourth-order valence-corrected chi connectivity index (χ4v) is 3.11. The number of nitrogens with zero attached hydrogens (tertiary/aromatic N) is 2. The molecule has 1 amide bonds. The summed E-state index contributed by atoms with van der Waals surface area (Å²) < 4.78 is 18.9. The fraction of sp³-hybridized carbons (Fsp3) is 0.632. The zero-order valence-electron chi connectivity index (χ0n) is 15.1. The number of aliphatic hydroxyl groups is 1. The van der Waals surface area contributed by atoms with Gasteiger partial charge in [0.05, 0.1) is 25.9 Å². The monoisotopic (exact) mass is 365 g/mol. The fourth-order valence-electron chi connectivity index (χ4n) is 3.11. The van der Waals surface area contributed by atoms with E-state index in [0.29, 0.717) is 24.7 Å². The van der Waals surface area contributed by atoms with Crippen LogP contribution in [0, 0.1) is 5.82 Å². The highest BCUT2D eigenvalue weighted by Crippen LogP contribution is 2.18. The van der Waals surface area contributed by atoms with Crippen LogP contribution in [0.15, 0.2) is 24.3 Å². The Balaban J connectivity index is 1.28. The zero-order valence-corrected chi connectivity index (χ0v) is 15.1. The van der Waals surface area contributed by atoms with E-state index in [2.05, 4.69) is 15.1 Å². The summed E-state index contributed by atoms with van der Waals surface area (Å²) in [5, 5.41) is 13.1. The summed E-state index contributed by atoms with van der Waals surface area (Å²) in [6.45, 7) is 4.61. The van der Waals surface area contributed by atoms with Crippen molar-refractivity contribution in [3.05, 3.63) is 35.6 Å². The number of β-amino-alcohol motifs (C(OH)–C–C–N with tert-alkyl or cyclic N) is 1. The molecule has 1 aromatic carbocycles. The third-order valence-electron chi connectivity index (χ3n) is 4.77. The van der Waals surface area contributed by atoms with Crippen molar-refractivity contribution in [1.82, 2.24) is 15.1 Å². The molecule has 0 spiro atoms. The van der Waals surface area contributed by atoms with Gasteiger partial charge in [-0.1, -0.05) is 18.2 Å². The van der Waals surface area contributed by atoms with Crippen LogP contribution in [-0.4, -0.2) is 78.8 Å². The highest BCUT2D eigenvalue weighted by Gasteiger charge is 2.25. The van der Waals surface area contributed by atoms with Crippen LogP contribution in [0.5, 0.6) is 0 Å². The van der Waals surface area contributed by atoms with Crippen LogP contribution >= 0.6 is 0 Å². The number of piperazine rings is 1. The second-order valence-corrected chi connectivity index (χ2v) is 7.18. The van der Waals surface area contributed by atoms with Crippen LogP contribution in [0.1, 0.15) is 18.4 Å². The van der Waals surface area contributed by atoms with Crippen LogP contribution in [0.3, 0.4) is 0 Å². The lowest BCUT2D eigenvalue weighted by atomic mass is 10.2. The van der Waals surface area contributed by atoms with E-state index in [1.165, 1.54) is 6.07 Å². The van der Waals surface area contributed by atoms with Crippen molar-refractivity contribution in [2.24, 2.45) is 0 Å². The number of halogens is 1. The molecule has 1 unspecified atom stereocenters. The first-order chi connectivity index (χ1) is 12.6. The molecule has 2 aliphatic rings. The molecule has 26 heavy (non-hydrogen) atoms. The molecule has 1 atom stereocenters. The molecule has 1 aliphatic heterocycles. The number of benzene rings is 1. The van der Waals surface area contributed by atoms with Gasteiger partial charge in [-0.25, -0.2) is 4.39 Å². The van der Waals surface area contributed by atoms with E-state index in [0.717, 1.165) is 39.0 Å². The lowest BCUT2D eigenvalue weighted by Gasteiger charge is -2.35. The van der Waals surface area contributed by atoms with E-state index < -0.39 is 6.10 Å². The summed E-state index contributed by atoms with van der Waals surface area (Å²) in [5.41, 5.74) is 0.498. The van der Waals surface area contributed by atoms with Gasteiger partial charge >= 0.3 is 0 Å². The Morgan fingerprint density at radius 3 is 2.62 bits per heavy atom. The van der Waals surface area contributed by atoms with Crippen molar-refractivity contribution in [1.29, 1.82) is 0 Å². The molecule has 2 fully saturated rings. The Bertz CT molecular complexity index is 589. The van der Waals surface area contributed by atoms with Gasteiger partial charge in [0, 0.05) is 44.3 Å². The second-order valence-electron chi connectivity index (χ2n) is 7.18. The average molecular weight is 365 g/mol. The van der Waals surface area contributed by atoms with Gasteiger partial charge in [-0.05, 0) is 18.9 Å². The van der Waals surface area contributed by atoms with Gasteiger partial charge in [0.1, 0.15) is 5.82 Å². The molecule has 144 valence electrons. The van der Waals surface area contributed by atoms with Crippen LogP contribution < -0.4 is 5.32 Å². The molecule has 6 nitrogen and oxygen atoms in total. The van der Waals surface area contributed by atoms with Gasteiger partial charge < -0.3 is 15.2 Å². The van der Waals surface area contributed by atoms with Crippen molar-refractivity contribution < 1.29 is 19.0 Å². The summed E-state index contributed by atoms with van der Waals surface area (Å²) in [6.07, 6.45) is 1.61. The number of ether oxygens (including phenoxy) is 1. The predicted octanol–water partition coefficient (Wildman–Crippen LogP) is 0.599. The van der Waals surface area contributed by atoms with Crippen LogP contribution in [0.2, 0.25) is 0 Å². The number of amides is 1. The van der Waals surface area contributed by atoms with Crippen molar-refractivity contribution in [2.75, 3.05) is 45.9 Å². The Labute approximate surface area is 153 Å². The minimum absolute atomic E-state index is 0.113. The number of carbonyl (C=O) groups is 1. The minimum atomic E-state index is -0.605. The molecule has 3 rings (SSSR count). The SMILES string of the molecule is O=C(CN1CCN(CC(O)COCc2ccccc2F)CC1)NC1CC1. The molecular formula is C19H28FN3O3. The number of hydrogen-bond acceptors (Lipinski definition) is 5. The minimum Gasteiger partial charge on any atom is -0.389 e. The largest absolute Gasteiger partial charge is 0.389 e. The Morgan fingerprint density at radius 1 is 1.23 bits per heavy atom. The predicted molar refractivity (Wildman–Crippen MR) is 96.1 cm³/mol. The van der Waals surface area contributed by atoms with E-state index in [1.807, 2.05) is 0 Å². The highest BCUT2D eigenvalue weighted by atomic mass is 19.1. The average Bonchev–Trinajstić information content (AvgIpc) is 3.42. The van der Waals surface area contributed by atoms with E-state index in [9.17, 15) is 14.3 Å². The van der Waals surface area contributed by atoms with Gasteiger partial charge in [0.15, 0.2) is 0 Å². The van der Waals surface area contributed by atoms with Gasteiger partial charge in [-0.2, -0.15) is 0 Å². The lowest BCUT2D eigenvalue weighted by molar-refractivity contribution is -0.122. The Hall–Kier alpha value is -1.54. The molecule has 1 saturated heterocycles. The van der Waals surface area contributed by atoms with Crippen molar-refractivity contribution >= 4 is 5.91 Å². The lowest BCUT2D eigenvalue weighted by Crippen LogP contribution is -2.51. The van der Waals surface area contributed by atoms with E-state index in [1.54, 1.807) is 18.2 Å². The molecule has 1 heterocycles. The summed E-state index contributed by atoms with van der Waals surface area (Å²) in [5.74, 6) is -0.175. The maximum absolute atomic E-state index is 13.5. The summed E-state index contributed by atoms with van der Waals surface area (Å²) in [6, 6.07) is 6.90. The van der Waals surface area contributed by atoms with Crippen LogP contribution in [0.4, 0.5) is 4.39 Å². The van der Waals surface area contributed by atoms with E-state index >= 15 is 0 Å². The van der Waals surface area contributed by atoms with Gasteiger partial charge in [-0.3, -0.25) is 14.6 Å². The number of nitrogens with one attached hydrogen (secondary N) is 1.